The Hall–Kier alpha value is -3.49. The average Bonchev–Trinajstić information content (AvgIpc) is 2.85. The highest BCUT2D eigenvalue weighted by Crippen LogP contribution is 2.48. The van der Waals surface area contributed by atoms with Gasteiger partial charge in [0.05, 0.1) is 11.4 Å². The van der Waals surface area contributed by atoms with E-state index in [-0.39, 0.29) is 0 Å². The number of fused-ring (bicyclic) bond motifs is 2. The van der Waals surface area contributed by atoms with Crippen molar-refractivity contribution in [3.8, 4) is 0 Å². The van der Waals surface area contributed by atoms with Crippen LogP contribution in [0.5, 0.6) is 0 Å². The largest absolute Gasteiger partial charge is 0.343 e. The van der Waals surface area contributed by atoms with E-state index in [1.165, 1.54) is 54.6 Å². The molecular weight excluding hydrogens is 418 g/mol. The number of anilines is 2. The first kappa shape index (κ1) is 21.4. The quantitative estimate of drug-likeness (QED) is 0.288. The molecule has 0 N–H and O–H groups in total. The van der Waals surface area contributed by atoms with Crippen molar-refractivity contribution in [2.45, 2.75) is 23.6 Å². The lowest BCUT2D eigenvalue weighted by Crippen LogP contribution is -2.14. The smallest absolute Gasteiger partial charge is 0.0550 e. The molecule has 5 rings (SSSR count). The maximum atomic E-state index is 2.31. The molecule has 0 bridgehead atoms. The highest BCUT2D eigenvalue weighted by Gasteiger charge is 2.21. The van der Waals surface area contributed by atoms with Crippen LogP contribution >= 0.6 is 11.8 Å². The molecule has 0 spiro atoms. The van der Waals surface area contributed by atoms with Crippen LogP contribution in [0, 0.1) is 0 Å². The molecule has 0 amide bonds. The molecule has 4 aromatic carbocycles. The Bertz CT molecular complexity index is 1250. The van der Waals surface area contributed by atoms with E-state index in [1.54, 1.807) is 0 Å². The first-order valence-corrected chi connectivity index (χ1v) is 12.1. The Labute approximate surface area is 201 Å². The lowest BCUT2D eigenvalue weighted by Gasteiger charge is -2.30. The van der Waals surface area contributed by atoms with Crippen LogP contribution in [0.1, 0.15) is 36.1 Å². The van der Waals surface area contributed by atoms with Crippen LogP contribution in [0.25, 0.3) is 23.3 Å². The van der Waals surface area contributed by atoms with E-state index in [0.29, 0.717) is 0 Å². The molecule has 4 aromatic rings. The van der Waals surface area contributed by atoms with Crippen LogP contribution in [-0.4, -0.2) is 7.05 Å². The molecule has 0 aliphatic carbocycles. The Kier molecular flexibility index (Phi) is 5.93. The van der Waals surface area contributed by atoms with Crippen molar-refractivity contribution in [1.29, 1.82) is 0 Å². The average molecular weight is 446 g/mol. The summed E-state index contributed by atoms with van der Waals surface area (Å²) in [5.41, 5.74) is 10.0. The van der Waals surface area contributed by atoms with Crippen molar-refractivity contribution < 1.29 is 0 Å². The molecule has 1 aliphatic heterocycles. The summed E-state index contributed by atoms with van der Waals surface area (Å²) in [7, 11) is 2.16. The molecule has 1 aliphatic rings. The third kappa shape index (κ3) is 4.53. The van der Waals surface area contributed by atoms with E-state index >= 15 is 0 Å². The monoisotopic (exact) mass is 445 g/mol. The SMILES string of the molecule is C/C(=C\c1ccc2c(c1)Sc1cc(/C=C(\C)c3ccccc3)ccc1N2C)c1ccccc1. The predicted molar refractivity (Wildman–Crippen MR) is 145 cm³/mol. The van der Waals surface area contributed by atoms with E-state index in [1.807, 2.05) is 11.8 Å². The highest BCUT2D eigenvalue weighted by molar-refractivity contribution is 7.99. The van der Waals surface area contributed by atoms with Gasteiger partial charge in [0.15, 0.2) is 0 Å². The number of hydrogen-bond donors (Lipinski definition) is 0. The van der Waals surface area contributed by atoms with E-state index in [9.17, 15) is 0 Å². The summed E-state index contributed by atoms with van der Waals surface area (Å²) in [6.07, 6.45) is 4.54. The molecule has 33 heavy (non-hydrogen) atoms. The predicted octanol–water partition coefficient (Wildman–Crippen LogP) is 9.04. The van der Waals surface area contributed by atoms with E-state index in [0.717, 1.165) is 0 Å². The van der Waals surface area contributed by atoms with Gasteiger partial charge in [-0.2, -0.15) is 0 Å². The third-order valence-electron chi connectivity index (χ3n) is 6.13. The molecule has 0 saturated carbocycles. The summed E-state index contributed by atoms with van der Waals surface area (Å²) in [6.45, 7) is 4.36. The topological polar surface area (TPSA) is 3.24 Å². The van der Waals surface area contributed by atoms with Gasteiger partial charge in [-0.3, -0.25) is 0 Å². The van der Waals surface area contributed by atoms with Crippen LogP contribution < -0.4 is 4.90 Å². The Morgan fingerprint density at radius 1 is 0.606 bits per heavy atom. The van der Waals surface area contributed by atoms with Gasteiger partial charge in [-0.15, -0.1) is 0 Å². The zero-order valence-corrected chi connectivity index (χ0v) is 20.1. The molecular formula is C31H27NS. The minimum absolute atomic E-state index is 1.23. The van der Waals surface area contributed by atoms with Crippen molar-refractivity contribution in [3.05, 3.63) is 119 Å². The van der Waals surface area contributed by atoms with Crippen molar-refractivity contribution in [1.82, 2.24) is 0 Å². The fraction of sp³-hybridized carbons (Fsp3) is 0.0968. The normalized spacial score (nSPS) is 13.5. The molecule has 0 atom stereocenters. The summed E-state index contributed by atoms with van der Waals surface area (Å²) in [5, 5.41) is 0. The summed E-state index contributed by atoms with van der Waals surface area (Å²) in [4.78, 5) is 4.89. The summed E-state index contributed by atoms with van der Waals surface area (Å²) >= 11 is 1.86. The molecule has 1 nitrogen and oxygen atoms in total. The summed E-state index contributed by atoms with van der Waals surface area (Å²) in [6, 6.07) is 34.7. The maximum absolute atomic E-state index is 2.31. The second-order valence-electron chi connectivity index (χ2n) is 8.50. The van der Waals surface area contributed by atoms with Crippen LogP contribution in [-0.2, 0) is 0 Å². The second-order valence-corrected chi connectivity index (χ2v) is 9.59. The molecule has 162 valence electrons. The van der Waals surface area contributed by atoms with E-state index in [2.05, 4.69) is 135 Å². The van der Waals surface area contributed by atoms with Gasteiger partial charge in [0.25, 0.3) is 0 Å². The van der Waals surface area contributed by atoms with Gasteiger partial charge in [0.1, 0.15) is 0 Å². The first-order valence-electron chi connectivity index (χ1n) is 11.3. The lowest BCUT2D eigenvalue weighted by atomic mass is 10.0. The van der Waals surface area contributed by atoms with Gasteiger partial charge in [0, 0.05) is 16.8 Å². The summed E-state index contributed by atoms with van der Waals surface area (Å²) in [5.74, 6) is 0. The number of hydrogen-bond acceptors (Lipinski definition) is 2. The van der Waals surface area contributed by atoms with Crippen LogP contribution in [0.4, 0.5) is 11.4 Å². The third-order valence-corrected chi connectivity index (χ3v) is 7.23. The van der Waals surface area contributed by atoms with Gasteiger partial charge in [-0.25, -0.2) is 0 Å². The highest BCUT2D eigenvalue weighted by atomic mass is 32.2. The Morgan fingerprint density at radius 2 is 1.03 bits per heavy atom. The number of nitrogens with zero attached hydrogens (tertiary/aromatic N) is 1. The van der Waals surface area contributed by atoms with Crippen molar-refractivity contribution >= 4 is 46.4 Å². The molecule has 2 heteroatoms. The number of allylic oxidation sites excluding steroid dienone is 2. The zero-order valence-electron chi connectivity index (χ0n) is 19.2. The van der Waals surface area contributed by atoms with Crippen molar-refractivity contribution in [3.63, 3.8) is 0 Å². The minimum atomic E-state index is 1.23. The molecule has 0 saturated heterocycles. The molecule has 0 unspecified atom stereocenters. The fourth-order valence-electron chi connectivity index (χ4n) is 4.28. The number of rotatable bonds is 4. The van der Waals surface area contributed by atoms with Crippen molar-refractivity contribution in [2.75, 3.05) is 11.9 Å². The molecule has 0 radical (unpaired) electrons. The first-order chi connectivity index (χ1) is 16.1. The van der Waals surface area contributed by atoms with Gasteiger partial charge in [0.2, 0.25) is 0 Å². The zero-order chi connectivity index (χ0) is 22.8. The van der Waals surface area contributed by atoms with Crippen LogP contribution in [0.3, 0.4) is 0 Å². The Balaban J connectivity index is 1.45. The standard InChI is InChI=1S/C31H27NS/c1-22(26-10-6-4-7-11-26)18-24-14-16-28-30(20-24)33-31-21-25(15-17-29(31)32(28)3)19-23(2)27-12-8-5-9-13-27/h4-21H,1-3H3/b22-18+,23-19+. The van der Waals surface area contributed by atoms with Gasteiger partial charge in [-0.1, -0.05) is 96.7 Å². The lowest BCUT2D eigenvalue weighted by molar-refractivity contribution is 1.11. The second kappa shape index (κ2) is 9.17. The van der Waals surface area contributed by atoms with Crippen molar-refractivity contribution in [2.24, 2.45) is 0 Å². The summed E-state index contributed by atoms with van der Waals surface area (Å²) < 4.78 is 0. The Morgan fingerprint density at radius 3 is 1.45 bits per heavy atom. The molecule has 0 fully saturated rings. The van der Waals surface area contributed by atoms with E-state index in [4.69, 9.17) is 0 Å². The fourth-order valence-corrected chi connectivity index (χ4v) is 5.52. The van der Waals surface area contributed by atoms with Gasteiger partial charge in [-0.05, 0) is 71.5 Å². The molecule has 0 aromatic heterocycles. The molecule has 1 heterocycles. The van der Waals surface area contributed by atoms with Gasteiger partial charge >= 0.3 is 0 Å². The van der Waals surface area contributed by atoms with Crippen LogP contribution in [0.2, 0.25) is 0 Å². The maximum Gasteiger partial charge on any atom is 0.0550 e. The van der Waals surface area contributed by atoms with Crippen LogP contribution in [0.15, 0.2) is 107 Å². The minimum Gasteiger partial charge on any atom is -0.343 e. The number of benzene rings is 4. The van der Waals surface area contributed by atoms with E-state index < -0.39 is 0 Å². The van der Waals surface area contributed by atoms with Gasteiger partial charge < -0.3 is 4.90 Å².